The van der Waals surface area contributed by atoms with E-state index in [2.05, 4.69) is 22.5 Å². The minimum Gasteiger partial charge on any atom is -0.508 e. The number of carbonyl (C=O) groups is 1. The largest absolute Gasteiger partial charge is 0.508 e. The average molecular weight is 409 g/mol. The van der Waals surface area contributed by atoms with Gasteiger partial charge in [0.2, 0.25) is 0 Å². The maximum absolute atomic E-state index is 11.1. The first-order valence-corrected chi connectivity index (χ1v) is 10.9. The minimum absolute atomic E-state index is 0.294. The quantitative estimate of drug-likeness (QED) is 0.341. The van der Waals surface area contributed by atoms with Crippen LogP contribution in [0.2, 0.25) is 0 Å². The second-order valence-electron chi connectivity index (χ2n) is 7.28. The maximum atomic E-state index is 11.1. The lowest BCUT2D eigenvalue weighted by Crippen LogP contribution is -2.37. The Morgan fingerprint density at radius 3 is 2.79 bits per heavy atom. The van der Waals surface area contributed by atoms with Crippen molar-refractivity contribution in [2.75, 3.05) is 12.3 Å². The van der Waals surface area contributed by atoms with Crippen LogP contribution in [0, 0.1) is 0 Å². The fourth-order valence-electron chi connectivity index (χ4n) is 3.85. The van der Waals surface area contributed by atoms with Crippen LogP contribution >= 0.6 is 11.8 Å². The molecular formula is C23H24N2O3S. The molecule has 5 nitrogen and oxygen atoms in total. The molecule has 150 valence electrons. The number of aromatic carboxylic acids is 1. The number of thioether (sulfide) groups is 1. The van der Waals surface area contributed by atoms with Crippen LogP contribution in [-0.4, -0.2) is 39.5 Å². The summed E-state index contributed by atoms with van der Waals surface area (Å²) in [6.07, 6.45) is 7.45. The number of fused-ring (bicyclic) bond motifs is 1. The minimum atomic E-state index is -0.908. The monoisotopic (exact) mass is 408 g/mol. The van der Waals surface area contributed by atoms with Crippen molar-refractivity contribution in [2.45, 2.75) is 24.1 Å². The zero-order valence-corrected chi connectivity index (χ0v) is 16.8. The van der Waals surface area contributed by atoms with Crippen LogP contribution in [0.4, 0.5) is 0 Å². The third-order valence-electron chi connectivity index (χ3n) is 5.40. The molecule has 3 aromatic rings. The number of H-pyrrole nitrogens is 1. The number of rotatable bonds is 7. The normalized spacial score (nSPS) is 18.9. The molecule has 0 bridgehead atoms. The number of carboxylic acids is 1. The molecule has 0 radical (unpaired) electrons. The summed E-state index contributed by atoms with van der Waals surface area (Å²) in [4.78, 5) is 14.3. The summed E-state index contributed by atoms with van der Waals surface area (Å²) < 4.78 is 0. The Kier molecular flexibility index (Phi) is 5.92. The number of aromatic amines is 1. The van der Waals surface area contributed by atoms with Gasteiger partial charge in [-0.2, -0.15) is 11.8 Å². The standard InChI is InChI=1S/C23H24N2O3S/c26-18-6-3-15(4-7-18)19-2-1-10-24-21(19)9-11-29-14-17-13-25-22-12-16(23(27)28)5-8-20(17)22/h1-8,12-13,19,21,24-26H,9-11,14H2,(H,27,28). The van der Waals surface area contributed by atoms with Crippen molar-refractivity contribution in [3.05, 3.63) is 77.5 Å². The number of aromatic hydroxyl groups is 1. The van der Waals surface area contributed by atoms with Crippen LogP contribution in [-0.2, 0) is 5.75 Å². The number of phenolic OH excluding ortho intramolecular Hbond substituents is 1. The van der Waals surface area contributed by atoms with Crippen LogP contribution < -0.4 is 5.32 Å². The van der Waals surface area contributed by atoms with Crippen LogP contribution in [0.15, 0.2) is 60.8 Å². The molecule has 29 heavy (non-hydrogen) atoms. The fourth-order valence-corrected chi connectivity index (χ4v) is 4.87. The molecule has 2 aromatic carbocycles. The highest BCUT2D eigenvalue weighted by molar-refractivity contribution is 7.98. The van der Waals surface area contributed by atoms with E-state index in [0.29, 0.717) is 23.3 Å². The van der Waals surface area contributed by atoms with Gasteiger partial charge in [0, 0.05) is 41.4 Å². The van der Waals surface area contributed by atoms with Crippen LogP contribution in [0.5, 0.6) is 5.75 Å². The molecule has 2 unspecified atom stereocenters. The van der Waals surface area contributed by atoms with E-state index in [1.54, 1.807) is 24.3 Å². The van der Waals surface area contributed by atoms with Gasteiger partial charge in [0.1, 0.15) is 5.75 Å². The summed E-state index contributed by atoms with van der Waals surface area (Å²) >= 11 is 1.89. The van der Waals surface area contributed by atoms with E-state index in [0.717, 1.165) is 35.4 Å². The molecule has 1 aromatic heterocycles. The molecule has 0 fully saturated rings. The van der Waals surface area contributed by atoms with Crippen molar-refractivity contribution in [3.63, 3.8) is 0 Å². The van der Waals surface area contributed by atoms with Crippen molar-refractivity contribution < 1.29 is 15.0 Å². The van der Waals surface area contributed by atoms with Gasteiger partial charge in [-0.25, -0.2) is 4.79 Å². The average Bonchev–Trinajstić information content (AvgIpc) is 3.14. The Morgan fingerprint density at radius 2 is 2.00 bits per heavy atom. The Morgan fingerprint density at radius 1 is 1.17 bits per heavy atom. The predicted octanol–water partition coefficient (Wildman–Crippen LogP) is 4.51. The Labute approximate surface area is 173 Å². The van der Waals surface area contributed by atoms with Crippen LogP contribution in [0.3, 0.4) is 0 Å². The van der Waals surface area contributed by atoms with Gasteiger partial charge in [-0.15, -0.1) is 0 Å². The van der Waals surface area contributed by atoms with Gasteiger partial charge in [-0.3, -0.25) is 0 Å². The second-order valence-corrected chi connectivity index (χ2v) is 8.39. The van der Waals surface area contributed by atoms with Gasteiger partial charge in [-0.05, 0) is 47.6 Å². The summed E-state index contributed by atoms with van der Waals surface area (Å²) in [6, 6.07) is 13.1. The van der Waals surface area contributed by atoms with Crippen molar-refractivity contribution in [1.29, 1.82) is 0 Å². The zero-order valence-electron chi connectivity index (χ0n) is 16.0. The van der Waals surface area contributed by atoms with Crippen LogP contribution in [0.1, 0.15) is 33.8 Å². The van der Waals surface area contributed by atoms with E-state index in [1.165, 1.54) is 11.1 Å². The Balaban J connectivity index is 1.35. The first kappa shape index (κ1) is 19.6. The molecule has 0 aliphatic carbocycles. The summed E-state index contributed by atoms with van der Waals surface area (Å²) in [7, 11) is 0. The summed E-state index contributed by atoms with van der Waals surface area (Å²) in [6.45, 7) is 0.887. The molecule has 0 amide bonds. The molecule has 4 rings (SSSR count). The van der Waals surface area contributed by atoms with Gasteiger partial charge in [-0.1, -0.05) is 30.4 Å². The lowest BCUT2D eigenvalue weighted by molar-refractivity contribution is 0.0697. The lowest BCUT2D eigenvalue weighted by Gasteiger charge is -2.29. The van der Waals surface area contributed by atoms with E-state index >= 15 is 0 Å². The number of nitrogens with one attached hydrogen (secondary N) is 2. The number of hydrogen-bond donors (Lipinski definition) is 4. The number of phenols is 1. The Hall–Kier alpha value is -2.70. The molecule has 2 atom stereocenters. The van der Waals surface area contributed by atoms with Crippen molar-refractivity contribution >= 4 is 28.6 Å². The van der Waals surface area contributed by atoms with Crippen LogP contribution in [0.25, 0.3) is 10.9 Å². The maximum Gasteiger partial charge on any atom is 0.335 e. The zero-order chi connectivity index (χ0) is 20.2. The number of aromatic nitrogens is 1. The van der Waals surface area contributed by atoms with Crippen molar-refractivity contribution in [1.82, 2.24) is 10.3 Å². The SMILES string of the molecule is O=C(O)c1ccc2c(CSCCC3NCC=CC3c3ccc(O)cc3)c[nH]c2c1. The van der Waals surface area contributed by atoms with E-state index in [-0.39, 0.29) is 0 Å². The van der Waals surface area contributed by atoms with Gasteiger partial charge in [0.25, 0.3) is 0 Å². The summed E-state index contributed by atoms with van der Waals surface area (Å²) in [5.74, 6) is 1.61. The third-order valence-corrected chi connectivity index (χ3v) is 6.44. The van der Waals surface area contributed by atoms with E-state index in [9.17, 15) is 9.90 Å². The van der Waals surface area contributed by atoms with Gasteiger partial charge >= 0.3 is 5.97 Å². The summed E-state index contributed by atoms with van der Waals surface area (Å²) in [5, 5.41) is 23.3. The molecule has 2 heterocycles. The smallest absolute Gasteiger partial charge is 0.335 e. The van der Waals surface area contributed by atoms with Crippen molar-refractivity contribution in [3.8, 4) is 5.75 Å². The lowest BCUT2D eigenvalue weighted by atomic mass is 9.87. The first-order valence-electron chi connectivity index (χ1n) is 9.72. The molecule has 0 saturated carbocycles. The highest BCUT2D eigenvalue weighted by Crippen LogP contribution is 2.29. The molecule has 0 saturated heterocycles. The third kappa shape index (κ3) is 4.49. The molecule has 4 N–H and O–H groups in total. The van der Waals surface area contributed by atoms with E-state index in [4.69, 9.17) is 5.11 Å². The van der Waals surface area contributed by atoms with Gasteiger partial charge in [0.15, 0.2) is 0 Å². The molecular weight excluding hydrogens is 384 g/mol. The fraction of sp³-hybridized carbons (Fsp3) is 0.261. The molecule has 1 aliphatic rings. The highest BCUT2D eigenvalue weighted by Gasteiger charge is 2.22. The molecule has 0 spiro atoms. The van der Waals surface area contributed by atoms with E-state index in [1.807, 2.05) is 36.2 Å². The van der Waals surface area contributed by atoms with E-state index < -0.39 is 5.97 Å². The summed E-state index contributed by atoms with van der Waals surface area (Å²) in [5.41, 5.74) is 3.59. The number of benzene rings is 2. The van der Waals surface area contributed by atoms with Gasteiger partial charge < -0.3 is 20.5 Å². The molecule has 1 aliphatic heterocycles. The predicted molar refractivity (Wildman–Crippen MR) is 118 cm³/mol. The number of hydrogen-bond acceptors (Lipinski definition) is 4. The van der Waals surface area contributed by atoms with Crippen molar-refractivity contribution in [2.24, 2.45) is 0 Å². The topological polar surface area (TPSA) is 85.3 Å². The molecule has 6 heteroatoms. The Bertz CT molecular complexity index is 1030. The van der Waals surface area contributed by atoms with Gasteiger partial charge in [0.05, 0.1) is 5.56 Å². The second kappa shape index (κ2) is 8.76. The highest BCUT2D eigenvalue weighted by atomic mass is 32.2. The number of carboxylic acid groups (broad SMARTS) is 1. The first-order chi connectivity index (χ1) is 14.1.